The fraction of sp³-hybridized carbons (Fsp3) is 0.478. The molecule has 1 aromatic carbocycles. The molecule has 29 heavy (non-hydrogen) atoms. The van der Waals surface area contributed by atoms with Crippen molar-refractivity contribution in [2.75, 3.05) is 20.8 Å². The van der Waals surface area contributed by atoms with E-state index in [1.807, 2.05) is 22.9 Å². The first-order valence-corrected chi connectivity index (χ1v) is 10.9. The van der Waals surface area contributed by atoms with Gasteiger partial charge < -0.3 is 9.47 Å². The molecule has 0 bridgehead atoms. The second kappa shape index (κ2) is 8.99. The highest BCUT2D eigenvalue weighted by atomic mass is 32.1. The number of methoxy groups -OCH3 is 2. The summed E-state index contributed by atoms with van der Waals surface area (Å²) in [4.78, 5) is 5.53. The molecule has 1 fully saturated rings. The first kappa shape index (κ1) is 21.4. The third-order valence-electron chi connectivity index (χ3n) is 5.13. The summed E-state index contributed by atoms with van der Waals surface area (Å²) in [6.45, 7) is 11.3. The third kappa shape index (κ3) is 4.99. The first-order chi connectivity index (χ1) is 13.9. The van der Waals surface area contributed by atoms with Crippen LogP contribution in [0.5, 0.6) is 11.5 Å². The number of hydrogen-bond donors (Lipinski definition) is 0. The topological polar surface area (TPSA) is 48.1 Å². The number of thiazole rings is 1. The van der Waals surface area contributed by atoms with Crippen molar-refractivity contribution in [3.63, 3.8) is 0 Å². The van der Waals surface area contributed by atoms with Crippen molar-refractivity contribution in [2.24, 2.45) is 21.4 Å². The average Bonchev–Trinajstić information content (AvgIpc) is 3.06. The molecule has 1 unspecified atom stereocenters. The molecular weight excluding hydrogens is 382 g/mol. The zero-order valence-electron chi connectivity index (χ0n) is 18.1. The normalized spacial score (nSPS) is 20.7. The quantitative estimate of drug-likeness (QED) is 0.598. The summed E-state index contributed by atoms with van der Waals surface area (Å²) in [6.07, 6.45) is 5.04. The Bertz CT molecular complexity index is 969. The van der Waals surface area contributed by atoms with E-state index in [0.29, 0.717) is 12.5 Å². The smallest absolute Gasteiger partial charge is 0.206 e. The molecule has 1 aromatic heterocycles. The number of benzene rings is 1. The lowest BCUT2D eigenvalue weighted by molar-refractivity contribution is 0.265. The predicted octanol–water partition coefficient (Wildman–Crippen LogP) is 5.37. The van der Waals surface area contributed by atoms with Crippen LogP contribution in [-0.2, 0) is 0 Å². The van der Waals surface area contributed by atoms with Crippen molar-refractivity contribution in [3.05, 3.63) is 41.0 Å². The molecule has 0 N–H and O–H groups in total. The van der Waals surface area contributed by atoms with Crippen LogP contribution in [0.1, 0.15) is 40.0 Å². The third-order valence-corrected chi connectivity index (χ3v) is 5.99. The van der Waals surface area contributed by atoms with Gasteiger partial charge in [0.25, 0.3) is 0 Å². The van der Waals surface area contributed by atoms with E-state index < -0.39 is 0 Å². The Hall–Kier alpha value is -2.34. The number of nitrogens with zero attached hydrogens (tertiary/aromatic N) is 3. The maximum absolute atomic E-state index is 5.63. The van der Waals surface area contributed by atoms with Crippen LogP contribution in [0.3, 0.4) is 0 Å². The van der Waals surface area contributed by atoms with Gasteiger partial charge in [-0.2, -0.15) is 5.10 Å². The number of hydrogen-bond acceptors (Lipinski definition) is 5. The molecule has 3 rings (SSSR count). The fourth-order valence-corrected chi connectivity index (χ4v) is 5.01. The van der Waals surface area contributed by atoms with Crippen LogP contribution in [0.15, 0.2) is 46.3 Å². The SMILES string of the molecule is C=CCN=c1scc(-c2cc(OC)ccc2OC)n1N=C1CC(C)CC(C)(C)C1. The van der Waals surface area contributed by atoms with Crippen LogP contribution in [0.2, 0.25) is 0 Å². The predicted molar refractivity (Wildman–Crippen MR) is 121 cm³/mol. The van der Waals surface area contributed by atoms with Crippen molar-refractivity contribution in [3.8, 4) is 22.8 Å². The van der Waals surface area contributed by atoms with Gasteiger partial charge in [0.05, 0.1) is 26.5 Å². The molecule has 1 saturated carbocycles. The van der Waals surface area contributed by atoms with E-state index in [-0.39, 0.29) is 5.41 Å². The number of aromatic nitrogens is 1. The molecule has 1 aliphatic rings. The summed E-state index contributed by atoms with van der Waals surface area (Å²) in [5.41, 5.74) is 3.38. The van der Waals surface area contributed by atoms with Gasteiger partial charge in [-0.3, -0.25) is 4.99 Å². The van der Waals surface area contributed by atoms with Gasteiger partial charge in [0.1, 0.15) is 11.5 Å². The molecule has 1 heterocycles. The Labute approximate surface area is 177 Å². The zero-order valence-corrected chi connectivity index (χ0v) is 18.9. The zero-order chi connectivity index (χ0) is 21.0. The van der Waals surface area contributed by atoms with Gasteiger partial charge in [-0.15, -0.1) is 17.9 Å². The Morgan fingerprint density at radius 3 is 2.76 bits per heavy atom. The standard InChI is InChI=1S/C23H31N3O2S/c1-7-10-24-22-26(25-17-11-16(2)13-23(3,4)14-17)20(15-29-22)19-12-18(27-5)8-9-21(19)28-6/h7-9,12,15-16H,1,10-11,13-14H2,2-6H3. The molecule has 6 heteroatoms. The van der Waals surface area contributed by atoms with Crippen molar-refractivity contribution >= 4 is 17.0 Å². The molecule has 2 aromatic rings. The average molecular weight is 414 g/mol. The van der Waals surface area contributed by atoms with Crippen molar-refractivity contribution in [1.82, 2.24) is 4.68 Å². The maximum atomic E-state index is 5.63. The Morgan fingerprint density at radius 2 is 2.10 bits per heavy atom. The summed E-state index contributed by atoms with van der Waals surface area (Å²) >= 11 is 1.58. The van der Waals surface area contributed by atoms with Crippen LogP contribution in [-0.4, -0.2) is 31.2 Å². The van der Waals surface area contributed by atoms with Gasteiger partial charge >= 0.3 is 0 Å². The monoisotopic (exact) mass is 413 g/mol. The molecular formula is C23H31N3O2S. The highest BCUT2D eigenvalue weighted by Crippen LogP contribution is 2.38. The molecule has 0 radical (unpaired) electrons. The second-order valence-electron chi connectivity index (χ2n) is 8.43. The summed E-state index contributed by atoms with van der Waals surface area (Å²) in [5.74, 6) is 2.19. The highest BCUT2D eigenvalue weighted by Gasteiger charge is 2.30. The highest BCUT2D eigenvalue weighted by molar-refractivity contribution is 7.07. The van der Waals surface area contributed by atoms with E-state index in [9.17, 15) is 0 Å². The summed E-state index contributed by atoms with van der Waals surface area (Å²) in [7, 11) is 3.35. The summed E-state index contributed by atoms with van der Waals surface area (Å²) < 4.78 is 13.0. The largest absolute Gasteiger partial charge is 0.497 e. The van der Waals surface area contributed by atoms with E-state index in [4.69, 9.17) is 14.6 Å². The van der Waals surface area contributed by atoms with Crippen LogP contribution >= 0.6 is 11.3 Å². The van der Waals surface area contributed by atoms with Crippen LogP contribution in [0, 0.1) is 11.3 Å². The number of ether oxygens (including phenoxy) is 2. The fourth-order valence-electron chi connectivity index (χ4n) is 4.18. The minimum absolute atomic E-state index is 0.263. The maximum Gasteiger partial charge on any atom is 0.206 e. The van der Waals surface area contributed by atoms with E-state index >= 15 is 0 Å². The summed E-state index contributed by atoms with van der Waals surface area (Å²) in [6, 6.07) is 5.82. The van der Waals surface area contributed by atoms with Gasteiger partial charge in [0.15, 0.2) is 0 Å². The van der Waals surface area contributed by atoms with Crippen LogP contribution in [0.25, 0.3) is 11.3 Å². The minimum Gasteiger partial charge on any atom is -0.497 e. The molecule has 1 aliphatic carbocycles. The van der Waals surface area contributed by atoms with Gasteiger partial charge in [0.2, 0.25) is 4.80 Å². The molecule has 5 nitrogen and oxygen atoms in total. The Balaban J connectivity index is 2.17. The second-order valence-corrected chi connectivity index (χ2v) is 9.27. The van der Waals surface area contributed by atoms with Crippen LogP contribution in [0.4, 0.5) is 0 Å². The van der Waals surface area contributed by atoms with E-state index in [1.54, 1.807) is 31.6 Å². The lowest BCUT2D eigenvalue weighted by Crippen LogP contribution is -2.29. The van der Waals surface area contributed by atoms with Gasteiger partial charge in [-0.05, 0) is 48.8 Å². The molecule has 0 amide bonds. The molecule has 0 spiro atoms. The first-order valence-electron chi connectivity index (χ1n) is 9.98. The molecule has 0 aliphatic heterocycles. The van der Waals surface area contributed by atoms with Crippen molar-refractivity contribution in [2.45, 2.75) is 40.0 Å². The van der Waals surface area contributed by atoms with E-state index in [2.05, 4.69) is 37.7 Å². The van der Waals surface area contributed by atoms with Gasteiger partial charge in [-0.25, -0.2) is 4.68 Å². The Morgan fingerprint density at radius 1 is 1.31 bits per heavy atom. The van der Waals surface area contributed by atoms with Gasteiger partial charge in [0, 0.05) is 16.7 Å². The minimum atomic E-state index is 0.263. The van der Waals surface area contributed by atoms with Crippen LogP contribution < -0.4 is 14.3 Å². The molecule has 156 valence electrons. The lowest BCUT2D eigenvalue weighted by atomic mass is 9.72. The summed E-state index contributed by atoms with van der Waals surface area (Å²) in [5, 5.41) is 7.19. The van der Waals surface area contributed by atoms with Gasteiger partial charge in [-0.1, -0.05) is 26.8 Å². The lowest BCUT2D eigenvalue weighted by Gasteiger charge is -2.34. The Kier molecular flexibility index (Phi) is 6.63. The molecule has 1 atom stereocenters. The van der Waals surface area contributed by atoms with Crippen molar-refractivity contribution < 1.29 is 9.47 Å². The molecule has 0 saturated heterocycles. The van der Waals surface area contributed by atoms with Crippen molar-refractivity contribution in [1.29, 1.82) is 0 Å². The van der Waals surface area contributed by atoms with E-state index in [1.165, 1.54) is 12.1 Å². The van der Waals surface area contributed by atoms with E-state index in [0.717, 1.165) is 40.4 Å². The number of rotatable bonds is 6.